The largest absolute Gasteiger partial charge is 0.369 e. The molecule has 3 aromatic rings. The number of benzene rings is 2. The van der Waals surface area contributed by atoms with Crippen molar-refractivity contribution in [3.63, 3.8) is 0 Å². The second kappa shape index (κ2) is 7.89. The van der Waals surface area contributed by atoms with Crippen LogP contribution in [-0.4, -0.2) is 50.1 Å². The van der Waals surface area contributed by atoms with Crippen molar-refractivity contribution < 1.29 is 4.79 Å². The standard InChI is InChI=1S/C21H23N3OS/c25-21(20-16-17-6-4-5-9-19(17)26-20)22-10-11-23-12-14-24(15-13-23)18-7-2-1-3-8-18/h1-9,16H,10-15H2,(H,22,25). The lowest BCUT2D eigenvalue weighted by Gasteiger charge is -2.36. The summed E-state index contributed by atoms with van der Waals surface area (Å²) >= 11 is 1.56. The number of piperazine rings is 1. The van der Waals surface area contributed by atoms with Crippen molar-refractivity contribution in [2.75, 3.05) is 44.2 Å². The number of amides is 1. The van der Waals surface area contributed by atoms with Crippen LogP contribution in [0, 0.1) is 0 Å². The summed E-state index contributed by atoms with van der Waals surface area (Å²) in [6.07, 6.45) is 0. The molecule has 2 heterocycles. The monoisotopic (exact) mass is 365 g/mol. The van der Waals surface area contributed by atoms with E-state index in [1.807, 2.05) is 18.2 Å². The third-order valence-corrected chi connectivity index (χ3v) is 5.97. The Kier molecular flexibility index (Phi) is 5.18. The Bertz CT molecular complexity index is 836. The van der Waals surface area contributed by atoms with Gasteiger partial charge in [0.15, 0.2) is 0 Å². The van der Waals surface area contributed by atoms with Gasteiger partial charge in [-0.05, 0) is 29.7 Å². The molecule has 134 valence electrons. The topological polar surface area (TPSA) is 35.6 Å². The van der Waals surface area contributed by atoms with E-state index in [1.165, 1.54) is 5.69 Å². The van der Waals surface area contributed by atoms with Gasteiger partial charge in [-0.3, -0.25) is 9.69 Å². The van der Waals surface area contributed by atoms with E-state index >= 15 is 0 Å². The molecule has 0 unspecified atom stereocenters. The number of rotatable bonds is 5. The number of carbonyl (C=O) groups is 1. The SMILES string of the molecule is O=C(NCCN1CCN(c2ccccc2)CC1)c1cc2ccccc2s1. The molecule has 0 spiro atoms. The summed E-state index contributed by atoms with van der Waals surface area (Å²) in [4.78, 5) is 18.0. The maximum absolute atomic E-state index is 12.4. The van der Waals surface area contributed by atoms with E-state index in [0.717, 1.165) is 47.7 Å². The highest BCUT2D eigenvalue weighted by atomic mass is 32.1. The highest BCUT2D eigenvalue weighted by Crippen LogP contribution is 2.25. The van der Waals surface area contributed by atoms with E-state index in [2.05, 4.69) is 57.6 Å². The molecule has 4 nitrogen and oxygen atoms in total. The zero-order valence-electron chi connectivity index (χ0n) is 14.7. The second-order valence-electron chi connectivity index (χ2n) is 6.57. The van der Waals surface area contributed by atoms with Crippen molar-refractivity contribution in [3.8, 4) is 0 Å². The minimum Gasteiger partial charge on any atom is -0.369 e. The molecule has 1 aliphatic heterocycles. The molecule has 2 aromatic carbocycles. The summed E-state index contributed by atoms with van der Waals surface area (Å²) in [7, 11) is 0. The first-order valence-electron chi connectivity index (χ1n) is 9.09. The van der Waals surface area contributed by atoms with Crippen LogP contribution in [0.5, 0.6) is 0 Å². The summed E-state index contributed by atoms with van der Waals surface area (Å²) in [6, 6.07) is 20.7. The number of nitrogens with zero attached hydrogens (tertiary/aromatic N) is 2. The number of anilines is 1. The molecule has 26 heavy (non-hydrogen) atoms. The van der Waals surface area contributed by atoms with Gasteiger partial charge in [-0.1, -0.05) is 36.4 Å². The fourth-order valence-corrected chi connectivity index (χ4v) is 4.36. The lowest BCUT2D eigenvalue weighted by atomic mass is 10.2. The molecule has 0 atom stereocenters. The number of thiophene rings is 1. The molecule has 5 heteroatoms. The number of hydrogen-bond donors (Lipinski definition) is 1. The Hall–Kier alpha value is -2.37. The molecule has 1 amide bonds. The highest BCUT2D eigenvalue weighted by Gasteiger charge is 2.17. The fourth-order valence-electron chi connectivity index (χ4n) is 3.38. The van der Waals surface area contributed by atoms with Crippen LogP contribution >= 0.6 is 11.3 Å². The van der Waals surface area contributed by atoms with E-state index in [4.69, 9.17) is 0 Å². The summed E-state index contributed by atoms with van der Waals surface area (Å²) in [5.41, 5.74) is 1.30. The number of carbonyl (C=O) groups excluding carboxylic acids is 1. The van der Waals surface area contributed by atoms with Crippen molar-refractivity contribution in [2.24, 2.45) is 0 Å². The van der Waals surface area contributed by atoms with Crippen LogP contribution in [-0.2, 0) is 0 Å². The van der Waals surface area contributed by atoms with E-state index < -0.39 is 0 Å². The number of hydrogen-bond acceptors (Lipinski definition) is 4. The third-order valence-electron chi connectivity index (χ3n) is 4.86. The predicted octanol–water partition coefficient (Wildman–Crippen LogP) is 3.45. The molecular weight excluding hydrogens is 342 g/mol. The van der Waals surface area contributed by atoms with Crippen molar-refractivity contribution in [3.05, 3.63) is 65.5 Å². The number of nitrogens with one attached hydrogen (secondary N) is 1. The van der Waals surface area contributed by atoms with Crippen molar-refractivity contribution >= 4 is 33.0 Å². The molecule has 0 aliphatic carbocycles. The minimum absolute atomic E-state index is 0.0362. The average molecular weight is 366 g/mol. The molecule has 1 saturated heterocycles. The van der Waals surface area contributed by atoms with Crippen LogP contribution in [0.4, 0.5) is 5.69 Å². The average Bonchev–Trinajstić information content (AvgIpc) is 3.13. The Morgan fingerprint density at radius 2 is 1.69 bits per heavy atom. The molecule has 1 fully saturated rings. The summed E-state index contributed by atoms with van der Waals surface area (Å²) in [5, 5.41) is 4.20. The van der Waals surface area contributed by atoms with Gasteiger partial charge >= 0.3 is 0 Å². The predicted molar refractivity (Wildman–Crippen MR) is 109 cm³/mol. The van der Waals surface area contributed by atoms with Crippen molar-refractivity contribution in [1.82, 2.24) is 10.2 Å². The maximum Gasteiger partial charge on any atom is 0.261 e. The van der Waals surface area contributed by atoms with Gasteiger partial charge in [0.05, 0.1) is 4.88 Å². The van der Waals surface area contributed by atoms with Crippen LogP contribution in [0.25, 0.3) is 10.1 Å². The Labute approximate surface area is 158 Å². The van der Waals surface area contributed by atoms with Crippen molar-refractivity contribution in [2.45, 2.75) is 0 Å². The van der Waals surface area contributed by atoms with Crippen LogP contribution in [0.2, 0.25) is 0 Å². The molecule has 0 bridgehead atoms. The van der Waals surface area contributed by atoms with Gasteiger partial charge in [-0.25, -0.2) is 0 Å². The van der Waals surface area contributed by atoms with E-state index in [-0.39, 0.29) is 5.91 Å². The first-order valence-corrected chi connectivity index (χ1v) is 9.90. The normalized spacial score (nSPS) is 15.3. The maximum atomic E-state index is 12.4. The zero-order valence-corrected chi connectivity index (χ0v) is 15.5. The van der Waals surface area contributed by atoms with Gasteiger partial charge in [-0.2, -0.15) is 0 Å². The van der Waals surface area contributed by atoms with Crippen LogP contribution < -0.4 is 10.2 Å². The minimum atomic E-state index is 0.0362. The molecule has 4 rings (SSSR count). The zero-order chi connectivity index (χ0) is 17.8. The molecule has 1 aliphatic rings. The van der Waals surface area contributed by atoms with Gasteiger partial charge in [0.25, 0.3) is 5.91 Å². The summed E-state index contributed by atoms with van der Waals surface area (Å²) < 4.78 is 1.16. The quantitative estimate of drug-likeness (QED) is 0.752. The van der Waals surface area contributed by atoms with Crippen LogP contribution in [0.3, 0.4) is 0 Å². The van der Waals surface area contributed by atoms with Gasteiger partial charge in [-0.15, -0.1) is 11.3 Å². The van der Waals surface area contributed by atoms with E-state index in [1.54, 1.807) is 11.3 Å². The molecule has 0 radical (unpaired) electrons. The molecule has 0 saturated carbocycles. The summed E-state index contributed by atoms with van der Waals surface area (Å²) in [5.74, 6) is 0.0362. The highest BCUT2D eigenvalue weighted by molar-refractivity contribution is 7.20. The van der Waals surface area contributed by atoms with Gasteiger partial charge in [0.1, 0.15) is 0 Å². The first-order chi connectivity index (χ1) is 12.8. The third kappa shape index (κ3) is 3.89. The first kappa shape index (κ1) is 17.1. The Morgan fingerprint density at radius 1 is 0.962 bits per heavy atom. The fraction of sp³-hybridized carbons (Fsp3) is 0.286. The molecule has 1 N–H and O–H groups in total. The van der Waals surface area contributed by atoms with Crippen LogP contribution in [0.15, 0.2) is 60.7 Å². The van der Waals surface area contributed by atoms with E-state index in [0.29, 0.717) is 6.54 Å². The number of fused-ring (bicyclic) bond motifs is 1. The van der Waals surface area contributed by atoms with E-state index in [9.17, 15) is 4.79 Å². The van der Waals surface area contributed by atoms with Gasteiger partial charge < -0.3 is 10.2 Å². The van der Waals surface area contributed by atoms with Crippen molar-refractivity contribution in [1.29, 1.82) is 0 Å². The second-order valence-corrected chi connectivity index (χ2v) is 7.65. The van der Waals surface area contributed by atoms with Crippen LogP contribution in [0.1, 0.15) is 9.67 Å². The summed E-state index contributed by atoms with van der Waals surface area (Å²) in [6.45, 7) is 5.74. The lowest BCUT2D eigenvalue weighted by molar-refractivity contribution is 0.0952. The molecule has 1 aromatic heterocycles. The van der Waals surface area contributed by atoms with Gasteiger partial charge in [0.2, 0.25) is 0 Å². The Balaban J connectivity index is 1.23. The molecular formula is C21H23N3OS. The lowest BCUT2D eigenvalue weighted by Crippen LogP contribution is -2.48. The van der Waals surface area contributed by atoms with Gasteiger partial charge in [0, 0.05) is 49.7 Å². The Morgan fingerprint density at radius 3 is 2.46 bits per heavy atom. The number of para-hydroxylation sites is 1. The smallest absolute Gasteiger partial charge is 0.261 e.